The molecule has 2 unspecified atom stereocenters. The predicted molar refractivity (Wildman–Crippen MR) is 88.1 cm³/mol. The Morgan fingerprint density at radius 1 is 1.20 bits per heavy atom. The highest BCUT2D eigenvalue weighted by atomic mass is 127. The van der Waals surface area contributed by atoms with Crippen LogP contribution < -0.4 is 4.90 Å². The molecule has 1 aromatic carbocycles. The van der Waals surface area contributed by atoms with Gasteiger partial charge in [-0.3, -0.25) is 10.1 Å². The van der Waals surface area contributed by atoms with Crippen LogP contribution in [0.15, 0.2) is 18.2 Å². The number of anilines is 1. The molecule has 3 rings (SSSR count). The monoisotopic (exact) mass is 386 g/mol. The summed E-state index contributed by atoms with van der Waals surface area (Å²) in [4.78, 5) is 13.1. The largest absolute Gasteiger partial charge is 0.368 e. The van der Waals surface area contributed by atoms with E-state index in [1.807, 2.05) is 12.1 Å². The van der Waals surface area contributed by atoms with E-state index in [2.05, 4.69) is 27.5 Å². The number of nitrogens with zero attached hydrogens (tertiary/aromatic N) is 2. The zero-order valence-corrected chi connectivity index (χ0v) is 13.6. The molecule has 4 nitrogen and oxygen atoms in total. The first kappa shape index (κ1) is 14.1. The first-order valence-corrected chi connectivity index (χ1v) is 8.45. The highest BCUT2D eigenvalue weighted by molar-refractivity contribution is 14.1. The highest BCUT2D eigenvalue weighted by Crippen LogP contribution is 2.38. The topological polar surface area (TPSA) is 46.4 Å². The van der Waals surface area contributed by atoms with E-state index in [9.17, 15) is 10.1 Å². The zero-order chi connectivity index (χ0) is 14.1. The van der Waals surface area contributed by atoms with Crippen molar-refractivity contribution < 1.29 is 4.92 Å². The van der Waals surface area contributed by atoms with Crippen molar-refractivity contribution in [2.45, 2.75) is 44.6 Å². The van der Waals surface area contributed by atoms with Crippen LogP contribution in [0.5, 0.6) is 0 Å². The molecule has 2 fully saturated rings. The number of halogens is 1. The van der Waals surface area contributed by atoms with Gasteiger partial charge in [-0.2, -0.15) is 0 Å². The zero-order valence-electron chi connectivity index (χ0n) is 11.4. The Balaban J connectivity index is 1.87. The van der Waals surface area contributed by atoms with E-state index in [0.717, 1.165) is 21.7 Å². The lowest BCUT2D eigenvalue weighted by atomic mass is 9.78. The molecule has 1 aliphatic carbocycles. The van der Waals surface area contributed by atoms with Crippen LogP contribution in [0.25, 0.3) is 0 Å². The van der Waals surface area contributed by atoms with Gasteiger partial charge < -0.3 is 4.90 Å². The van der Waals surface area contributed by atoms with Gasteiger partial charge in [0.2, 0.25) is 0 Å². The molecule has 108 valence electrons. The lowest BCUT2D eigenvalue weighted by Crippen LogP contribution is -2.46. The Morgan fingerprint density at radius 2 is 1.95 bits per heavy atom. The van der Waals surface area contributed by atoms with E-state index in [0.29, 0.717) is 6.04 Å². The van der Waals surface area contributed by atoms with Crippen LogP contribution in [-0.4, -0.2) is 17.5 Å². The number of piperidine rings is 1. The van der Waals surface area contributed by atoms with Crippen LogP contribution in [0.4, 0.5) is 11.4 Å². The maximum absolute atomic E-state index is 10.9. The number of hydrogen-bond acceptors (Lipinski definition) is 3. The van der Waals surface area contributed by atoms with Gasteiger partial charge in [-0.05, 0) is 66.3 Å². The molecule has 0 amide bonds. The van der Waals surface area contributed by atoms with Gasteiger partial charge in [-0.25, -0.2) is 0 Å². The van der Waals surface area contributed by atoms with Crippen molar-refractivity contribution in [2.75, 3.05) is 11.4 Å². The third-order valence-corrected chi connectivity index (χ3v) is 5.57. The number of nitro benzene ring substituents is 1. The molecule has 0 N–H and O–H groups in total. The second-order valence-electron chi connectivity index (χ2n) is 5.84. The number of hydrogen-bond donors (Lipinski definition) is 0. The molecule has 1 aromatic rings. The predicted octanol–water partition coefficient (Wildman–Crippen LogP) is 4.36. The number of fused-ring (bicyclic) bond motifs is 1. The van der Waals surface area contributed by atoms with Gasteiger partial charge in [0.25, 0.3) is 5.69 Å². The van der Waals surface area contributed by atoms with Crippen LogP contribution in [0.3, 0.4) is 0 Å². The highest BCUT2D eigenvalue weighted by Gasteiger charge is 2.33. The van der Waals surface area contributed by atoms with Crippen molar-refractivity contribution in [1.29, 1.82) is 0 Å². The first-order chi connectivity index (χ1) is 9.66. The average Bonchev–Trinajstić information content (AvgIpc) is 2.46. The Morgan fingerprint density at radius 3 is 2.70 bits per heavy atom. The van der Waals surface area contributed by atoms with Gasteiger partial charge in [-0.1, -0.05) is 12.8 Å². The number of benzene rings is 1. The van der Waals surface area contributed by atoms with E-state index >= 15 is 0 Å². The molecule has 0 bridgehead atoms. The summed E-state index contributed by atoms with van der Waals surface area (Å²) >= 11 is 2.08. The average molecular weight is 386 g/mol. The Hall–Kier alpha value is -0.850. The van der Waals surface area contributed by atoms with Crippen LogP contribution in [-0.2, 0) is 0 Å². The van der Waals surface area contributed by atoms with Gasteiger partial charge in [0.1, 0.15) is 0 Å². The second-order valence-corrected chi connectivity index (χ2v) is 7.00. The van der Waals surface area contributed by atoms with Crippen molar-refractivity contribution in [3.05, 3.63) is 31.9 Å². The Bertz CT molecular complexity index is 519. The van der Waals surface area contributed by atoms with E-state index in [1.54, 1.807) is 6.07 Å². The lowest BCUT2D eigenvalue weighted by molar-refractivity contribution is -0.385. The third kappa shape index (κ3) is 2.64. The quantitative estimate of drug-likeness (QED) is 0.431. The van der Waals surface area contributed by atoms with Gasteiger partial charge in [0, 0.05) is 24.3 Å². The number of rotatable bonds is 2. The van der Waals surface area contributed by atoms with E-state index < -0.39 is 0 Å². The molecule has 5 heteroatoms. The summed E-state index contributed by atoms with van der Waals surface area (Å²) in [5.74, 6) is 0.824. The fourth-order valence-electron chi connectivity index (χ4n) is 3.77. The normalized spacial score (nSPS) is 26.1. The third-order valence-electron chi connectivity index (χ3n) is 4.70. The van der Waals surface area contributed by atoms with E-state index in [-0.39, 0.29) is 10.6 Å². The first-order valence-electron chi connectivity index (χ1n) is 7.37. The summed E-state index contributed by atoms with van der Waals surface area (Å²) in [5.41, 5.74) is 1.38. The summed E-state index contributed by atoms with van der Waals surface area (Å²) < 4.78 is 0.739. The minimum atomic E-state index is -0.300. The van der Waals surface area contributed by atoms with Crippen molar-refractivity contribution in [2.24, 2.45) is 5.92 Å². The maximum Gasteiger partial charge on any atom is 0.282 e. The van der Waals surface area contributed by atoms with Crippen molar-refractivity contribution in [3.63, 3.8) is 0 Å². The maximum atomic E-state index is 10.9. The van der Waals surface area contributed by atoms with Crippen molar-refractivity contribution in [1.82, 2.24) is 0 Å². The summed E-state index contributed by atoms with van der Waals surface area (Å²) in [6, 6.07) is 6.21. The molecule has 20 heavy (non-hydrogen) atoms. The molecule has 2 aliphatic rings. The Kier molecular flexibility index (Phi) is 4.14. The smallest absolute Gasteiger partial charge is 0.282 e. The molecule has 1 aliphatic heterocycles. The summed E-state index contributed by atoms with van der Waals surface area (Å²) in [5, 5.41) is 10.9. The molecular weight excluding hydrogens is 367 g/mol. The molecule has 0 spiro atoms. The SMILES string of the molecule is O=[N+]([O-])c1ccc(N2CCCC3CCCCC32)cc1I. The summed E-state index contributed by atoms with van der Waals surface area (Å²) in [7, 11) is 0. The molecule has 0 aromatic heterocycles. The van der Waals surface area contributed by atoms with Gasteiger partial charge in [-0.15, -0.1) is 0 Å². The van der Waals surface area contributed by atoms with Crippen LogP contribution in [0.2, 0.25) is 0 Å². The van der Waals surface area contributed by atoms with E-state index in [4.69, 9.17) is 0 Å². The second kappa shape index (κ2) is 5.87. The van der Waals surface area contributed by atoms with E-state index in [1.165, 1.54) is 38.5 Å². The fraction of sp³-hybridized carbons (Fsp3) is 0.600. The Labute approximate surface area is 132 Å². The standard InChI is InChI=1S/C15H19IN2O2/c16-13-10-12(7-8-15(13)18(19)20)17-9-3-5-11-4-1-2-6-14(11)17/h7-8,10-11,14H,1-6,9H2. The molecule has 2 atom stereocenters. The molecule has 1 saturated heterocycles. The minimum absolute atomic E-state index is 0.214. The fourth-order valence-corrected chi connectivity index (χ4v) is 4.46. The number of nitro groups is 1. The van der Waals surface area contributed by atoms with Crippen LogP contribution >= 0.6 is 22.6 Å². The van der Waals surface area contributed by atoms with Crippen molar-refractivity contribution >= 4 is 34.0 Å². The lowest BCUT2D eigenvalue weighted by Gasteiger charge is -2.45. The van der Waals surface area contributed by atoms with Gasteiger partial charge in [0.05, 0.1) is 8.49 Å². The molecule has 1 heterocycles. The summed E-state index contributed by atoms with van der Waals surface area (Å²) in [6.07, 6.45) is 7.91. The van der Waals surface area contributed by atoms with Gasteiger partial charge >= 0.3 is 0 Å². The molecule has 0 radical (unpaired) electrons. The van der Waals surface area contributed by atoms with Gasteiger partial charge in [0.15, 0.2) is 0 Å². The summed E-state index contributed by atoms with van der Waals surface area (Å²) in [6.45, 7) is 1.09. The van der Waals surface area contributed by atoms with Crippen LogP contribution in [0, 0.1) is 19.6 Å². The molecule has 1 saturated carbocycles. The van der Waals surface area contributed by atoms with Crippen molar-refractivity contribution in [3.8, 4) is 0 Å². The molecular formula is C15H19IN2O2. The minimum Gasteiger partial charge on any atom is -0.368 e. The van der Waals surface area contributed by atoms with Crippen LogP contribution in [0.1, 0.15) is 38.5 Å².